The van der Waals surface area contributed by atoms with Crippen molar-refractivity contribution in [1.82, 2.24) is 20.1 Å². The van der Waals surface area contributed by atoms with E-state index < -0.39 is 27.1 Å². The lowest BCUT2D eigenvalue weighted by Crippen LogP contribution is -2.12. The van der Waals surface area contributed by atoms with Crippen molar-refractivity contribution < 1.29 is 9.96 Å². The number of nitrogens with zero attached hydrogens (tertiary/aromatic N) is 6. The lowest BCUT2D eigenvalue weighted by molar-refractivity contribution is -0.549. The van der Waals surface area contributed by atoms with E-state index in [4.69, 9.17) is 11.5 Å². The van der Waals surface area contributed by atoms with Gasteiger partial charge in [0.2, 0.25) is 5.82 Å². The van der Waals surface area contributed by atoms with Gasteiger partial charge in [0.15, 0.2) is 10.7 Å². The number of hydrogen-bond acceptors (Lipinski definition) is 9. The third-order valence-electron chi connectivity index (χ3n) is 1.95. The first-order valence-electron chi connectivity index (χ1n) is 4.03. The van der Waals surface area contributed by atoms with Crippen LogP contribution in [-0.4, -0.2) is 30.0 Å². The van der Waals surface area contributed by atoms with Crippen LogP contribution in [0.15, 0.2) is 0 Å². The van der Waals surface area contributed by atoms with E-state index in [0.717, 1.165) is 0 Å². The van der Waals surface area contributed by atoms with E-state index in [1.807, 2.05) is 0 Å². The molecule has 88 valence electrons. The van der Waals surface area contributed by atoms with Crippen LogP contribution in [0.1, 0.15) is 0 Å². The highest BCUT2D eigenvalue weighted by atomic mass is 16.7. The predicted molar refractivity (Wildman–Crippen MR) is 53.2 cm³/mol. The van der Waals surface area contributed by atoms with Gasteiger partial charge in [-0.1, -0.05) is 0 Å². The summed E-state index contributed by atoms with van der Waals surface area (Å²) in [7, 11) is 0. The Morgan fingerprint density at radius 1 is 1.24 bits per heavy atom. The molecule has 4 N–H and O–H groups in total. The Kier molecular flexibility index (Phi) is 1.99. The van der Waals surface area contributed by atoms with Gasteiger partial charge in [-0.05, 0) is 5.10 Å². The summed E-state index contributed by atoms with van der Waals surface area (Å²) in [6, 6.07) is 0. The molecule has 0 aliphatic heterocycles. The molecule has 2 aromatic rings. The zero-order chi connectivity index (χ0) is 12.7. The van der Waals surface area contributed by atoms with Gasteiger partial charge in [-0.3, -0.25) is 10.1 Å². The molecule has 2 heterocycles. The summed E-state index contributed by atoms with van der Waals surface area (Å²) in [5.41, 5.74) is 9.07. The number of fused-ring (bicyclic) bond motifs is 1. The third-order valence-corrected chi connectivity index (χ3v) is 1.95. The fourth-order valence-corrected chi connectivity index (χ4v) is 1.26. The Morgan fingerprint density at radius 2 is 1.88 bits per heavy atom. The molecule has 0 saturated carbocycles. The molecule has 2 aromatic heterocycles. The average Bonchev–Trinajstić information content (AvgIpc) is 2.60. The monoisotopic (exact) mass is 240 g/mol. The van der Waals surface area contributed by atoms with Crippen molar-refractivity contribution in [2.75, 3.05) is 11.5 Å². The number of anilines is 2. The van der Waals surface area contributed by atoms with Crippen molar-refractivity contribution in [2.45, 2.75) is 0 Å². The van der Waals surface area contributed by atoms with Crippen LogP contribution in [0, 0.1) is 20.2 Å². The van der Waals surface area contributed by atoms with Gasteiger partial charge in [0.1, 0.15) is 5.69 Å². The standard InChI is InChI=1S/C5H4N8O4/c6-1-2-5(11(10-9-2)13(16)17)8-4(7)3(1)12(14)15/h(H4,6,7,8). The highest BCUT2D eigenvalue weighted by Gasteiger charge is 2.28. The van der Waals surface area contributed by atoms with E-state index >= 15 is 0 Å². The van der Waals surface area contributed by atoms with Gasteiger partial charge in [0.25, 0.3) is 5.65 Å². The molecule has 0 bridgehead atoms. The van der Waals surface area contributed by atoms with Crippen LogP contribution in [0.2, 0.25) is 0 Å². The summed E-state index contributed by atoms with van der Waals surface area (Å²) in [5, 5.41) is 26.8. The van der Waals surface area contributed by atoms with Crippen molar-refractivity contribution in [1.29, 1.82) is 0 Å². The number of nitrogens with two attached hydrogens (primary N) is 2. The molecule has 0 radical (unpaired) electrons. The number of pyridine rings is 1. The maximum Gasteiger partial charge on any atom is 0.336 e. The first-order valence-corrected chi connectivity index (χ1v) is 4.03. The van der Waals surface area contributed by atoms with Gasteiger partial charge in [0.05, 0.1) is 14.7 Å². The second-order valence-electron chi connectivity index (χ2n) is 2.91. The van der Waals surface area contributed by atoms with Crippen molar-refractivity contribution >= 4 is 28.4 Å². The molecule has 0 amide bonds. The molecule has 12 nitrogen and oxygen atoms in total. The zero-order valence-electron chi connectivity index (χ0n) is 7.97. The number of hydrogen-bond donors (Lipinski definition) is 2. The van der Waals surface area contributed by atoms with Crippen LogP contribution in [0.25, 0.3) is 11.2 Å². The second-order valence-corrected chi connectivity index (χ2v) is 2.91. The lowest BCUT2D eigenvalue weighted by Gasteiger charge is -1.99. The van der Waals surface area contributed by atoms with Gasteiger partial charge in [-0.15, -0.1) is 0 Å². The van der Waals surface area contributed by atoms with Crippen molar-refractivity contribution in [2.24, 2.45) is 0 Å². The van der Waals surface area contributed by atoms with Crippen molar-refractivity contribution in [3.05, 3.63) is 20.2 Å². The van der Waals surface area contributed by atoms with E-state index in [2.05, 4.69) is 15.3 Å². The number of rotatable bonds is 2. The molecule has 2 rings (SSSR count). The van der Waals surface area contributed by atoms with Gasteiger partial charge in [0, 0.05) is 0 Å². The molecule has 12 heteroatoms. The molecular weight excluding hydrogens is 236 g/mol. The quantitative estimate of drug-likeness (QED) is 0.487. The topological polar surface area (TPSA) is 182 Å². The third kappa shape index (κ3) is 1.35. The summed E-state index contributed by atoms with van der Waals surface area (Å²) in [4.78, 5) is 24.0. The van der Waals surface area contributed by atoms with Gasteiger partial charge in [-0.25, -0.2) is 0 Å². The maximum absolute atomic E-state index is 10.6. The van der Waals surface area contributed by atoms with E-state index in [9.17, 15) is 20.2 Å². The van der Waals surface area contributed by atoms with Crippen LogP contribution in [-0.2, 0) is 0 Å². The SMILES string of the molecule is Nc1nc2c(nnn2[N+](=O)[O-])c(N)c1[N+](=O)[O-]. The molecule has 0 spiro atoms. The minimum Gasteiger partial charge on any atom is -0.391 e. The van der Waals surface area contributed by atoms with Crippen molar-refractivity contribution in [3.63, 3.8) is 0 Å². The van der Waals surface area contributed by atoms with E-state index in [1.165, 1.54) is 0 Å². The summed E-state index contributed by atoms with van der Waals surface area (Å²) >= 11 is 0. The van der Waals surface area contributed by atoms with Gasteiger partial charge in [-0.2, -0.15) is 4.98 Å². The van der Waals surface area contributed by atoms with E-state index in [1.54, 1.807) is 0 Å². The minimum absolute atomic E-state index is 0.228. The summed E-state index contributed by atoms with van der Waals surface area (Å²) in [6.07, 6.45) is 0. The first kappa shape index (κ1) is 10.5. The Labute approximate surface area is 91.1 Å². The van der Waals surface area contributed by atoms with Crippen LogP contribution in [0.4, 0.5) is 17.2 Å². The zero-order valence-corrected chi connectivity index (χ0v) is 7.97. The van der Waals surface area contributed by atoms with Crippen LogP contribution >= 0.6 is 0 Å². The Morgan fingerprint density at radius 3 is 2.41 bits per heavy atom. The normalized spacial score (nSPS) is 10.6. The fraction of sp³-hybridized carbons (Fsp3) is 0. The first-order chi connectivity index (χ1) is 7.93. The number of aromatic nitrogens is 4. The second kappa shape index (κ2) is 3.22. The highest BCUT2D eigenvalue weighted by Crippen LogP contribution is 2.32. The average molecular weight is 240 g/mol. The molecule has 0 fully saturated rings. The molecule has 0 aliphatic carbocycles. The highest BCUT2D eigenvalue weighted by molar-refractivity contribution is 5.93. The fourth-order valence-electron chi connectivity index (χ4n) is 1.26. The van der Waals surface area contributed by atoms with Gasteiger partial charge < -0.3 is 21.6 Å². The van der Waals surface area contributed by atoms with Crippen LogP contribution < -0.4 is 11.5 Å². The Balaban J connectivity index is 2.88. The number of nitro groups is 2. The molecule has 0 unspecified atom stereocenters. The molecular formula is C5H4N8O4. The van der Waals surface area contributed by atoms with E-state index in [0.29, 0.717) is 0 Å². The van der Waals surface area contributed by atoms with Crippen LogP contribution in [0.5, 0.6) is 0 Å². The summed E-state index contributed by atoms with van der Waals surface area (Å²) in [6.45, 7) is 0. The summed E-state index contributed by atoms with van der Waals surface area (Å²) in [5.74, 6) is -0.537. The number of nitrogen functional groups attached to an aromatic ring is 2. The van der Waals surface area contributed by atoms with E-state index in [-0.39, 0.29) is 16.0 Å². The molecule has 0 saturated heterocycles. The molecule has 0 aromatic carbocycles. The largest absolute Gasteiger partial charge is 0.391 e. The van der Waals surface area contributed by atoms with Crippen molar-refractivity contribution in [3.8, 4) is 0 Å². The predicted octanol–water partition coefficient (Wildman–Crippen LogP) is -1.06. The van der Waals surface area contributed by atoms with Crippen LogP contribution in [0.3, 0.4) is 0 Å². The minimum atomic E-state index is -0.910. The molecule has 17 heavy (non-hydrogen) atoms. The smallest absolute Gasteiger partial charge is 0.336 e. The summed E-state index contributed by atoms with van der Waals surface area (Å²) < 4.78 is 0. The lowest BCUT2D eigenvalue weighted by atomic mass is 10.3. The maximum atomic E-state index is 10.6. The Hall–Kier alpha value is -3.05. The molecule has 0 atom stereocenters. The molecule has 0 aliphatic rings. The Bertz CT molecular complexity index is 647. The van der Waals surface area contributed by atoms with Gasteiger partial charge >= 0.3 is 5.69 Å².